The van der Waals surface area contributed by atoms with Crippen LogP contribution in [0.1, 0.15) is 41.6 Å². The SMILES string of the molecule is COc1ccc([C@@H]2C[C@@](C)(Cc3cccc(OC)c3)c3cc(F)ccc3N2Cc2ccccc2)cc1. The third-order valence-electron chi connectivity index (χ3n) is 7.36. The molecule has 1 heterocycles. The molecule has 0 saturated heterocycles. The van der Waals surface area contributed by atoms with Crippen LogP contribution in [0.3, 0.4) is 0 Å². The van der Waals surface area contributed by atoms with Gasteiger partial charge >= 0.3 is 0 Å². The van der Waals surface area contributed by atoms with E-state index in [4.69, 9.17) is 9.47 Å². The summed E-state index contributed by atoms with van der Waals surface area (Å²) in [5.74, 6) is 1.47. The summed E-state index contributed by atoms with van der Waals surface area (Å²) in [5, 5.41) is 0. The quantitative estimate of drug-likeness (QED) is 0.273. The lowest BCUT2D eigenvalue weighted by Gasteiger charge is -2.48. The number of fused-ring (bicyclic) bond motifs is 1. The molecule has 36 heavy (non-hydrogen) atoms. The summed E-state index contributed by atoms with van der Waals surface area (Å²) in [5.41, 5.74) is 5.48. The third kappa shape index (κ3) is 4.81. The van der Waals surface area contributed by atoms with E-state index >= 15 is 0 Å². The van der Waals surface area contributed by atoms with Crippen LogP contribution in [0.25, 0.3) is 0 Å². The van der Waals surface area contributed by atoms with Crippen molar-refractivity contribution in [2.45, 2.75) is 37.8 Å². The van der Waals surface area contributed by atoms with E-state index in [2.05, 4.69) is 60.4 Å². The van der Waals surface area contributed by atoms with Crippen LogP contribution in [-0.2, 0) is 18.4 Å². The Morgan fingerprint density at radius 1 is 0.806 bits per heavy atom. The number of rotatable bonds is 7. The van der Waals surface area contributed by atoms with Crippen molar-refractivity contribution in [1.29, 1.82) is 0 Å². The molecule has 0 aliphatic carbocycles. The molecule has 3 nitrogen and oxygen atoms in total. The maximum Gasteiger partial charge on any atom is 0.123 e. The molecule has 1 aliphatic heterocycles. The van der Waals surface area contributed by atoms with Crippen molar-refractivity contribution in [1.82, 2.24) is 0 Å². The second-order valence-electron chi connectivity index (χ2n) is 9.86. The minimum absolute atomic E-state index is 0.115. The lowest BCUT2D eigenvalue weighted by molar-refractivity contribution is 0.350. The number of halogens is 1. The van der Waals surface area contributed by atoms with Gasteiger partial charge in [0.25, 0.3) is 0 Å². The number of hydrogen-bond acceptors (Lipinski definition) is 3. The summed E-state index contributed by atoms with van der Waals surface area (Å²) in [6.07, 6.45) is 1.63. The van der Waals surface area contributed by atoms with Crippen LogP contribution in [0.4, 0.5) is 10.1 Å². The first-order valence-corrected chi connectivity index (χ1v) is 12.4. The van der Waals surface area contributed by atoms with Crippen molar-refractivity contribution in [2.24, 2.45) is 0 Å². The summed E-state index contributed by atoms with van der Waals surface area (Å²) in [4.78, 5) is 2.43. The Morgan fingerprint density at radius 3 is 2.25 bits per heavy atom. The minimum Gasteiger partial charge on any atom is -0.497 e. The summed E-state index contributed by atoms with van der Waals surface area (Å²) in [7, 11) is 3.38. The van der Waals surface area contributed by atoms with Crippen LogP contribution in [0.5, 0.6) is 11.5 Å². The van der Waals surface area contributed by atoms with E-state index in [1.54, 1.807) is 26.4 Å². The maximum absolute atomic E-state index is 14.7. The summed E-state index contributed by atoms with van der Waals surface area (Å²) in [6, 6.07) is 32.4. The van der Waals surface area contributed by atoms with Gasteiger partial charge in [0, 0.05) is 17.6 Å². The molecule has 5 rings (SSSR count). The van der Waals surface area contributed by atoms with E-state index in [0.29, 0.717) is 0 Å². The van der Waals surface area contributed by atoms with Crippen LogP contribution < -0.4 is 14.4 Å². The lowest BCUT2D eigenvalue weighted by atomic mass is 9.68. The second-order valence-corrected chi connectivity index (χ2v) is 9.86. The highest BCUT2D eigenvalue weighted by atomic mass is 19.1. The van der Waals surface area contributed by atoms with Crippen LogP contribution in [0, 0.1) is 5.82 Å². The summed E-state index contributed by atoms with van der Waals surface area (Å²) < 4.78 is 25.6. The van der Waals surface area contributed by atoms with E-state index in [1.807, 2.05) is 36.4 Å². The van der Waals surface area contributed by atoms with Crippen LogP contribution in [0.15, 0.2) is 97.1 Å². The zero-order chi connectivity index (χ0) is 25.1. The van der Waals surface area contributed by atoms with Gasteiger partial charge in [0.15, 0.2) is 0 Å². The van der Waals surface area contributed by atoms with E-state index in [0.717, 1.165) is 42.1 Å². The van der Waals surface area contributed by atoms with E-state index in [9.17, 15) is 4.39 Å². The monoisotopic (exact) mass is 481 g/mol. The Kier molecular flexibility index (Phi) is 6.69. The fraction of sp³-hybridized carbons (Fsp3) is 0.250. The highest BCUT2D eigenvalue weighted by molar-refractivity contribution is 5.62. The highest BCUT2D eigenvalue weighted by Gasteiger charge is 2.41. The molecule has 4 aromatic rings. The van der Waals surface area contributed by atoms with E-state index < -0.39 is 0 Å². The maximum atomic E-state index is 14.7. The standard InChI is InChI=1S/C32H32FNO2/c1-32(20-24-10-7-11-28(18-24)36-3)21-31(25-12-15-27(35-2)16-13-25)34(22-23-8-5-4-6-9-23)30-17-14-26(33)19-29(30)32/h4-19,31H,20-22H2,1-3H3/t31-,32+/m0/s1. The van der Waals surface area contributed by atoms with Crippen molar-refractivity contribution in [3.05, 3.63) is 125 Å². The van der Waals surface area contributed by atoms with Crippen molar-refractivity contribution >= 4 is 5.69 Å². The molecule has 4 heteroatoms. The molecule has 4 aromatic carbocycles. The predicted molar refractivity (Wildman–Crippen MR) is 143 cm³/mol. The van der Waals surface area contributed by atoms with Gasteiger partial charge in [0.2, 0.25) is 0 Å². The number of methoxy groups -OCH3 is 2. The molecule has 0 bridgehead atoms. The van der Waals surface area contributed by atoms with Gasteiger partial charge in [-0.2, -0.15) is 0 Å². The molecule has 0 amide bonds. The number of nitrogens with zero attached hydrogens (tertiary/aromatic N) is 1. The van der Waals surface area contributed by atoms with Gasteiger partial charge in [-0.25, -0.2) is 4.39 Å². The Morgan fingerprint density at radius 2 is 1.53 bits per heavy atom. The first-order chi connectivity index (χ1) is 17.5. The number of ether oxygens (including phenoxy) is 2. The van der Waals surface area contributed by atoms with Gasteiger partial charge in [0.05, 0.1) is 20.3 Å². The van der Waals surface area contributed by atoms with Gasteiger partial charge < -0.3 is 14.4 Å². The molecule has 2 atom stereocenters. The van der Waals surface area contributed by atoms with Gasteiger partial charge in [0.1, 0.15) is 17.3 Å². The largest absolute Gasteiger partial charge is 0.497 e. The molecule has 0 aromatic heterocycles. The zero-order valence-electron chi connectivity index (χ0n) is 21.1. The minimum atomic E-state index is -0.276. The molecule has 0 radical (unpaired) electrons. The van der Waals surface area contributed by atoms with Crippen LogP contribution in [0.2, 0.25) is 0 Å². The van der Waals surface area contributed by atoms with E-state index in [1.165, 1.54) is 16.7 Å². The van der Waals surface area contributed by atoms with Gasteiger partial charge in [-0.3, -0.25) is 0 Å². The Hall–Kier alpha value is -3.79. The zero-order valence-corrected chi connectivity index (χ0v) is 21.1. The van der Waals surface area contributed by atoms with Gasteiger partial charge in [-0.1, -0.05) is 61.5 Å². The number of hydrogen-bond donors (Lipinski definition) is 0. The molecular formula is C32H32FNO2. The smallest absolute Gasteiger partial charge is 0.123 e. The van der Waals surface area contributed by atoms with E-state index in [-0.39, 0.29) is 17.3 Å². The topological polar surface area (TPSA) is 21.7 Å². The highest BCUT2D eigenvalue weighted by Crippen LogP contribution is 2.50. The van der Waals surface area contributed by atoms with Crippen molar-refractivity contribution in [3.8, 4) is 11.5 Å². The fourth-order valence-electron chi connectivity index (χ4n) is 5.56. The van der Waals surface area contributed by atoms with Crippen LogP contribution in [-0.4, -0.2) is 14.2 Å². The average molecular weight is 482 g/mol. The summed E-state index contributed by atoms with van der Waals surface area (Å²) in [6.45, 7) is 3.01. The third-order valence-corrected chi connectivity index (χ3v) is 7.36. The van der Waals surface area contributed by atoms with Crippen LogP contribution >= 0.6 is 0 Å². The Balaban J connectivity index is 1.63. The first kappa shape index (κ1) is 23.9. The Bertz CT molecular complexity index is 1320. The average Bonchev–Trinajstić information content (AvgIpc) is 2.91. The molecule has 0 spiro atoms. The normalized spacial score (nSPS) is 19.0. The molecule has 0 unspecified atom stereocenters. The molecular weight excluding hydrogens is 449 g/mol. The lowest BCUT2D eigenvalue weighted by Crippen LogP contribution is -2.42. The summed E-state index contributed by atoms with van der Waals surface area (Å²) >= 11 is 0. The van der Waals surface area contributed by atoms with Crippen molar-refractivity contribution in [3.63, 3.8) is 0 Å². The molecule has 0 N–H and O–H groups in total. The number of anilines is 1. The number of benzene rings is 4. The predicted octanol–water partition coefficient (Wildman–Crippen LogP) is 7.49. The van der Waals surface area contributed by atoms with Crippen molar-refractivity contribution in [2.75, 3.05) is 19.1 Å². The molecule has 0 fully saturated rings. The molecule has 1 aliphatic rings. The van der Waals surface area contributed by atoms with Gasteiger partial charge in [-0.15, -0.1) is 0 Å². The second kappa shape index (κ2) is 10.1. The van der Waals surface area contributed by atoms with Gasteiger partial charge in [-0.05, 0) is 77.6 Å². The molecule has 0 saturated carbocycles. The first-order valence-electron chi connectivity index (χ1n) is 12.4. The van der Waals surface area contributed by atoms with Crippen molar-refractivity contribution < 1.29 is 13.9 Å². The molecule has 184 valence electrons. The Labute approximate surface area is 213 Å². The fourth-order valence-corrected chi connectivity index (χ4v) is 5.56.